The molecule has 168 valence electrons. The molecule has 7 nitrogen and oxygen atoms in total. The summed E-state index contributed by atoms with van der Waals surface area (Å²) in [5.74, 6) is -1.52. The third-order valence-corrected chi connectivity index (χ3v) is 6.04. The number of hydrogen-bond donors (Lipinski definition) is 0. The number of ether oxygens (including phenoxy) is 4. The molecule has 12 heteroatoms. The Kier molecular flexibility index (Phi) is 6.15. The van der Waals surface area contributed by atoms with Crippen molar-refractivity contribution >= 4 is 17.2 Å². The van der Waals surface area contributed by atoms with Crippen LogP contribution in [0.3, 0.4) is 0 Å². The fourth-order valence-electron chi connectivity index (χ4n) is 3.64. The number of piperidine rings is 1. The molecule has 0 saturated carbocycles. The van der Waals surface area contributed by atoms with Crippen molar-refractivity contribution in [2.75, 3.05) is 33.1 Å². The molecule has 1 aromatic heterocycles. The summed E-state index contributed by atoms with van der Waals surface area (Å²) in [5.41, 5.74) is -0.594. The summed E-state index contributed by atoms with van der Waals surface area (Å²) in [4.78, 5) is 18.8. The van der Waals surface area contributed by atoms with Gasteiger partial charge in [0.2, 0.25) is 0 Å². The van der Waals surface area contributed by atoms with Crippen LogP contribution in [0.1, 0.15) is 21.8 Å². The summed E-state index contributed by atoms with van der Waals surface area (Å²) in [7, 11) is 0. The third-order valence-electron chi connectivity index (χ3n) is 5.11. The summed E-state index contributed by atoms with van der Waals surface area (Å²) < 4.78 is 70.2. The second-order valence-electron chi connectivity index (χ2n) is 6.93. The summed E-state index contributed by atoms with van der Waals surface area (Å²) in [6, 6.07) is 3.56. The minimum absolute atomic E-state index is 0.0945. The van der Waals surface area contributed by atoms with Crippen LogP contribution in [0.4, 0.5) is 17.6 Å². The van der Waals surface area contributed by atoms with Crippen molar-refractivity contribution in [3.05, 3.63) is 46.2 Å². The Morgan fingerprint density at radius 2 is 2.19 bits per heavy atom. The molecule has 2 saturated heterocycles. The number of hydrogen-bond acceptors (Lipinski definition) is 7. The maximum absolute atomic E-state index is 14.3. The summed E-state index contributed by atoms with van der Waals surface area (Å²) >= 11 is 1.46. The Labute approximate surface area is 178 Å². The van der Waals surface area contributed by atoms with E-state index in [2.05, 4.69) is 9.72 Å². The Bertz CT molecular complexity index is 927. The number of amides is 1. The van der Waals surface area contributed by atoms with Gasteiger partial charge in [0, 0.05) is 30.1 Å². The molecular formula is C19H18F4N2O5S. The number of rotatable bonds is 6. The minimum atomic E-state index is -4.78. The highest BCUT2D eigenvalue weighted by molar-refractivity contribution is 7.09. The van der Waals surface area contributed by atoms with Gasteiger partial charge in [0.05, 0.1) is 13.2 Å². The first-order chi connectivity index (χ1) is 14.8. The number of carbonyl (C=O) groups excluding carboxylic acids is 1. The molecule has 0 radical (unpaired) electrons. The van der Waals surface area contributed by atoms with Gasteiger partial charge in [0.25, 0.3) is 5.91 Å². The smallest absolute Gasteiger partial charge is 0.488 e. The van der Waals surface area contributed by atoms with Gasteiger partial charge < -0.3 is 19.1 Å². The Hall–Kier alpha value is -2.28. The third kappa shape index (κ3) is 4.66. The van der Waals surface area contributed by atoms with Crippen molar-refractivity contribution in [3.8, 4) is 5.75 Å². The Morgan fingerprint density at radius 1 is 1.35 bits per heavy atom. The molecule has 4 rings (SSSR count). The summed E-state index contributed by atoms with van der Waals surface area (Å²) in [6.07, 6.45) is -3.00. The first-order valence-corrected chi connectivity index (χ1v) is 10.2. The van der Waals surface area contributed by atoms with Crippen LogP contribution >= 0.6 is 11.3 Å². The predicted molar refractivity (Wildman–Crippen MR) is 99.0 cm³/mol. The van der Waals surface area contributed by atoms with Crippen LogP contribution in [0.5, 0.6) is 5.75 Å². The number of fused-ring (bicyclic) bond motifs is 1. The fraction of sp³-hybridized carbons (Fsp3) is 0.474. The van der Waals surface area contributed by atoms with Crippen LogP contribution in [-0.2, 0) is 19.8 Å². The molecule has 1 aromatic carbocycles. The van der Waals surface area contributed by atoms with Crippen LogP contribution in [-0.4, -0.2) is 61.4 Å². The quantitative estimate of drug-likeness (QED) is 0.485. The molecule has 2 fully saturated rings. The van der Waals surface area contributed by atoms with E-state index < -0.39 is 43.0 Å². The van der Waals surface area contributed by atoms with E-state index >= 15 is 0 Å². The van der Waals surface area contributed by atoms with Crippen LogP contribution in [0.25, 0.3) is 0 Å². The molecule has 0 bridgehead atoms. The standard InChI is InChI=1S/C19H18F4N2O5S/c20-13-9-12(1-2-14(13)27-6-7-29-19(21,22)23)16(26)25-5-3-18(17-24-4-8-31-17)15(10-25)28-11-30-18/h1-2,4,8-9,15H,3,5-7,10-11H2. The van der Waals surface area contributed by atoms with Crippen LogP contribution in [0.2, 0.25) is 0 Å². The topological polar surface area (TPSA) is 70.1 Å². The lowest BCUT2D eigenvalue weighted by molar-refractivity contribution is -0.325. The van der Waals surface area contributed by atoms with E-state index in [1.165, 1.54) is 23.5 Å². The number of nitrogens with zero attached hydrogens (tertiary/aromatic N) is 2. The SMILES string of the molecule is O=C(c1ccc(OCCOC(F)(F)F)c(F)c1)N1CCC2(c3nccs3)OCOC2C1. The van der Waals surface area contributed by atoms with Crippen molar-refractivity contribution < 1.29 is 41.3 Å². The van der Waals surface area contributed by atoms with Gasteiger partial charge in [-0.15, -0.1) is 24.5 Å². The number of likely N-dealkylation sites (tertiary alicyclic amines) is 1. The van der Waals surface area contributed by atoms with Crippen LogP contribution in [0.15, 0.2) is 29.8 Å². The van der Waals surface area contributed by atoms with Gasteiger partial charge in [0.15, 0.2) is 17.2 Å². The van der Waals surface area contributed by atoms with Crippen molar-refractivity contribution in [1.29, 1.82) is 0 Å². The molecule has 0 aliphatic carbocycles. The van der Waals surface area contributed by atoms with E-state index in [1.807, 2.05) is 5.38 Å². The molecular weight excluding hydrogens is 444 g/mol. The molecule has 0 N–H and O–H groups in total. The lowest BCUT2D eigenvalue weighted by Crippen LogP contribution is -2.53. The zero-order valence-corrected chi connectivity index (χ0v) is 16.9. The average Bonchev–Trinajstić information content (AvgIpc) is 3.40. The van der Waals surface area contributed by atoms with Crippen molar-refractivity contribution in [3.63, 3.8) is 0 Å². The highest BCUT2D eigenvalue weighted by Crippen LogP contribution is 2.43. The second kappa shape index (κ2) is 8.69. The van der Waals surface area contributed by atoms with Crippen LogP contribution < -0.4 is 4.74 Å². The van der Waals surface area contributed by atoms with E-state index in [9.17, 15) is 22.4 Å². The largest absolute Gasteiger partial charge is 0.522 e. The van der Waals surface area contributed by atoms with E-state index in [1.54, 1.807) is 11.1 Å². The van der Waals surface area contributed by atoms with E-state index in [0.29, 0.717) is 13.0 Å². The first-order valence-electron chi connectivity index (χ1n) is 9.36. The fourth-order valence-corrected chi connectivity index (χ4v) is 4.50. The number of thiazole rings is 1. The van der Waals surface area contributed by atoms with Crippen molar-refractivity contribution in [2.45, 2.75) is 24.5 Å². The molecule has 2 aliphatic heterocycles. The van der Waals surface area contributed by atoms with Gasteiger partial charge in [-0.3, -0.25) is 9.53 Å². The summed E-state index contributed by atoms with van der Waals surface area (Å²) in [5, 5.41) is 2.64. The van der Waals surface area contributed by atoms with Crippen molar-refractivity contribution in [2.24, 2.45) is 0 Å². The molecule has 2 atom stereocenters. The van der Waals surface area contributed by atoms with Gasteiger partial charge in [-0.05, 0) is 18.2 Å². The molecule has 2 aliphatic rings. The van der Waals surface area contributed by atoms with Gasteiger partial charge in [-0.25, -0.2) is 9.37 Å². The summed E-state index contributed by atoms with van der Waals surface area (Å²) in [6.45, 7) is -0.541. The molecule has 31 heavy (non-hydrogen) atoms. The highest BCUT2D eigenvalue weighted by Gasteiger charge is 2.52. The predicted octanol–water partition coefficient (Wildman–Crippen LogP) is 3.31. The Morgan fingerprint density at radius 3 is 2.90 bits per heavy atom. The lowest BCUT2D eigenvalue weighted by atomic mass is 9.89. The van der Waals surface area contributed by atoms with E-state index in [4.69, 9.17) is 14.2 Å². The number of alkyl halides is 3. The zero-order chi connectivity index (χ0) is 22.1. The number of benzene rings is 1. The van der Waals surface area contributed by atoms with E-state index in [0.717, 1.165) is 11.1 Å². The molecule has 2 unspecified atom stereocenters. The second-order valence-corrected chi connectivity index (χ2v) is 7.83. The molecule has 0 spiro atoms. The van der Waals surface area contributed by atoms with Gasteiger partial charge in [0.1, 0.15) is 24.5 Å². The Balaban J connectivity index is 1.38. The average molecular weight is 462 g/mol. The number of halogens is 4. The molecule has 2 aromatic rings. The normalized spacial score (nSPS) is 23.6. The maximum Gasteiger partial charge on any atom is 0.522 e. The van der Waals surface area contributed by atoms with Crippen molar-refractivity contribution in [1.82, 2.24) is 9.88 Å². The number of aromatic nitrogens is 1. The zero-order valence-electron chi connectivity index (χ0n) is 16.1. The maximum atomic E-state index is 14.3. The van der Waals surface area contributed by atoms with Crippen LogP contribution in [0, 0.1) is 5.82 Å². The minimum Gasteiger partial charge on any atom is -0.488 e. The first kappa shape index (κ1) is 21.9. The lowest BCUT2D eigenvalue weighted by Gasteiger charge is -2.40. The van der Waals surface area contributed by atoms with Gasteiger partial charge in [-0.1, -0.05) is 0 Å². The van der Waals surface area contributed by atoms with Gasteiger partial charge >= 0.3 is 6.36 Å². The molecule has 3 heterocycles. The van der Waals surface area contributed by atoms with Gasteiger partial charge in [-0.2, -0.15) is 0 Å². The highest BCUT2D eigenvalue weighted by atomic mass is 32.1. The number of carbonyl (C=O) groups is 1. The molecule has 1 amide bonds. The van der Waals surface area contributed by atoms with E-state index in [-0.39, 0.29) is 24.7 Å². The monoisotopic (exact) mass is 462 g/mol.